The van der Waals surface area contributed by atoms with Crippen molar-refractivity contribution in [2.45, 2.75) is 0 Å². The maximum absolute atomic E-state index is 13.6. The Kier molecular flexibility index (Phi) is 3.52. The smallest absolute Gasteiger partial charge is 0.341 e. The van der Waals surface area contributed by atoms with Crippen molar-refractivity contribution >= 4 is 39.9 Å². The van der Waals surface area contributed by atoms with Gasteiger partial charge in [0.2, 0.25) is 0 Å². The van der Waals surface area contributed by atoms with E-state index in [-0.39, 0.29) is 16.4 Å². The molecule has 1 aromatic carbocycles. The van der Waals surface area contributed by atoms with Crippen molar-refractivity contribution in [1.29, 1.82) is 0 Å². The minimum Gasteiger partial charge on any atom is -0.480 e. The number of fused-ring (bicyclic) bond motifs is 1. The molecule has 0 spiro atoms. The second kappa shape index (κ2) is 5.34. The van der Waals surface area contributed by atoms with Crippen LogP contribution in [0.4, 0.5) is 4.39 Å². The molecule has 0 amide bonds. The van der Waals surface area contributed by atoms with Crippen LogP contribution in [0.2, 0.25) is 5.02 Å². The third-order valence-electron chi connectivity index (χ3n) is 2.73. The van der Waals surface area contributed by atoms with Crippen LogP contribution >= 0.6 is 22.9 Å². The molecule has 0 unspecified atom stereocenters. The first-order valence-electron chi connectivity index (χ1n) is 5.73. The number of hydrogen-bond donors (Lipinski definition) is 1. The molecule has 0 atom stereocenters. The highest BCUT2D eigenvalue weighted by molar-refractivity contribution is 7.13. The Morgan fingerprint density at radius 1 is 1.48 bits per heavy atom. The number of hydrogen-bond acceptors (Lipinski definition) is 5. The Labute approximate surface area is 126 Å². The fraction of sp³-hybridized carbons (Fsp3) is 0.0769. The highest BCUT2D eigenvalue weighted by Gasteiger charge is 2.19. The molecule has 0 aliphatic carbocycles. The average Bonchev–Trinajstić information content (AvgIpc) is 3.04. The Hall–Kier alpha value is -2.12. The van der Waals surface area contributed by atoms with Gasteiger partial charge in [-0.25, -0.2) is 9.18 Å². The molecule has 5 nitrogen and oxygen atoms in total. The zero-order valence-electron chi connectivity index (χ0n) is 10.3. The third kappa shape index (κ3) is 2.45. The average molecular weight is 328 g/mol. The fourth-order valence-electron chi connectivity index (χ4n) is 1.83. The molecule has 108 valence electrons. The Balaban J connectivity index is 2.07. The van der Waals surface area contributed by atoms with E-state index in [0.717, 1.165) is 0 Å². The number of nitrogens with zero attached hydrogens (tertiary/aromatic N) is 1. The lowest BCUT2D eigenvalue weighted by molar-refractivity contribution is -0.139. The van der Waals surface area contributed by atoms with Crippen molar-refractivity contribution in [3.63, 3.8) is 0 Å². The van der Waals surface area contributed by atoms with Gasteiger partial charge in [0.05, 0.1) is 10.3 Å². The molecule has 2 heterocycles. The molecule has 0 radical (unpaired) electrons. The zero-order valence-corrected chi connectivity index (χ0v) is 11.9. The number of ether oxygens (including phenoxy) is 1. The van der Waals surface area contributed by atoms with Gasteiger partial charge in [0.25, 0.3) is 0 Å². The number of halogens is 2. The van der Waals surface area contributed by atoms with E-state index in [2.05, 4.69) is 5.16 Å². The van der Waals surface area contributed by atoms with Gasteiger partial charge in [-0.1, -0.05) is 16.8 Å². The van der Waals surface area contributed by atoms with Gasteiger partial charge in [0.1, 0.15) is 22.3 Å². The molecule has 21 heavy (non-hydrogen) atoms. The van der Waals surface area contributed by atoms with Crippen molar-refractivity contribution in [3.8, 4) is 16.3 Å². The van der Waals surface area contributed by atoms with E-state index in [0.29, 0.717) is 16.0 Å². The summed E-state index contributed by atoms with van der Waals surface area (Å²) in [7, 11) is 0. The molecule has 0 aliphatic heterocycles. The Bertz CT molecular complexity index is 829. The van der Waals surface area contributed by atoms with Gasteiger partial charge >= 0.3 is 5.97 Å². The van der Waals surface area contributed by atoms with Crippen molar-refractivity contribution in [3.05, 3.63) is 34.4 Å². The largest absolute Gasteiger partial charge is 0.480 e. The third-order valence-corrected chi connectivity index (χ3v) is 3.98. The highest BCUT2D eigenvalue weighted by atomic mass is 35.5. The second-order valence-corrected chi connectivity index (χ2v) is 5.36. The topological polar surface area (TPSA) is 72.6 Å². The van der Waals surface area contributed by atoms with Crippen LogP contribution in [0.15, 0.2) is 28.1 Å². The van der Waals surface area contributed by atoms with Gasteiger partial charge in [-0.2, -0.15) is 0 Å². The zero-order chi connectivity index (χ0) is 15.0. The van der Waals surface area contributed by atoms with E-state index in [9.17, 15) is 9.18 Å². The normalized spacial score (nSPS) is 11.0. The summed E-state index contributed by atoms with van der Waals surface area (Å²) in [6, 6.07) is 4.44. The molecular weight excluding hydrogens is 321 g/mol. The molecule has 0 saturated heterocycles. The van der Waals surface area contributed by atoms with Crippen molar-refractivity contribution in [2.24, 2.45) is 0 Å². The fourth-order valence-corrected chi connectivity index (χ4v) is 2.85. The van der Waals surface area contributed by atoms with Crippen LogP contribution in [0.25, 0.3) is 21.5 Å². The summed E-state index contributed by atoms with van der Waals surface area (Å²) >= 11 is 7.29. The SMILES string of the molecule is O=C(O)COc1ccc2c(-c3sccc3F)noc2c1Cl. The molecule has 1 N–H and O–H groups in total. The lowest BCUT2D eigenvalue weighted by Crippen LogP contribution is -2.09. The van der Waals surface area contributed by atoms with Gasteiger partial charge in [-0.3, -0.25) is 0 Å². The summed E-state index contributed by atoms with van der Waals surface area (Å²) in [6.07, 6.45) is 0. The minimum absolute atomic E-state index is 0.101. The number of carbonyl (C=O) groups is 1. The highest BCUT2D eigenvalue weighted by Crippen LogP contribution is 2.39. The summed E-state index contributed by atoms with van der Waals surface area (Å²) in [4.78, 5) is 10.9. The minimum atomic E-state index is -1.12. The van der Waals surface area contributed by atoms with Crippen molar-refractivity contribution < 1.29 is 23.6 Å². The maximum Gasteiger partial charge on any atom is 0.341 e. The quantitative estimate of drug-likeness (QED) is 0.788. The monoisotopic (exact) mass is 327 g/mol. The lowest BCUT2D eigenvalue weighted by Gasteiger charge is -2.04. The molecule has 0 aliphatic rings. The second-order valence-electron chi connectivity index (χ2n) is 4.07. The molecule has 0 bridgehead atoms. The van der Waals surface area contributed by atoms with E-state index in [4.69, 9.17) is 26.0 Å². The number of aliphatic carboxylic acids is 1. The van der Waals surface area contributed by atoms with Crippen LogP contribution < -0.4 is 4.74 Å². The molecule has 3 rings (SSSR count). The summed E-state index contributed by atoms with van der Waals surface area (Å²) in [5.74, 6) is -1.34. The summed E-state index contributed by atoms with van der Waals surface area (Å²) in [5, 5.41) is 14.7. The number of thiophene rings is 1. The molecule has 3 aromatic rings. The van der Waals surface area contributed by atoms with E-state index < -0.39 is 18.4 Å². The van der Waals surface area contributed by atoms with Crippen LogP contribution in [0.1, 0.15) is 0 Å². The van der Waals surface area contributed by atoms with Gasteiger partial charge in [-0.15, -0.1) is 11.3 Å². The van der Waals surface area contributed by atoms with E-state index in [1.807, 2.05) is 0 Å². The summed E-state index contributed by atoms with van der Waals surface area (Å²) in [5.41, 5.74) is 0.576. The van der Waals surface area contributed by atoms with Gasteiger partial charge in [-0.05, 0) is 23.6 Å². The first-order chi connectivity index (χ1) is 10.1. The number of rotatable bonds is 4. The number of benzene rings is 1. The summed E-state index contributed by atoms with van der Waals surface area (Å²) in [6.45, 7) is -0.522. The van der Waals surface area contributed by atoms with Gasteiger partial charge in [0.15, 0.2) is 12.2 Å². The Morgan fingerprint density at radius 2 is 2.29 bits per heavy atom. The molecule has 8 heteroatoms. The number of carboxylic acids is 1. The van der Waals surface area contributed by atoms with Gasteiger partial charge in [0, 0.05) is 0 Å². The first kappa shape index (κ1) is 13.8. The van der Waals surface area contributed by atoms with Gasteiger partial charge < -0.3 is 14.4 Å². The van der Waals surface area contributed by atoms with Crippen LogP contribution in [0, 0.1) is 5.82 Å². The molecule has 2 aromatic heterocycles. The Morgan fingerprint density at radius 3 is 2.95 bits per heavy atom. The van der Waals surface area contributed by atoms with Crippen molar-refractivity contribution in [2.75, 3.05) is 6.61 Å². The maximum atomic E-state index is 13.6. The number of aromatic nitrogens is 1. The van der Waals surface area contributed by atoms with Crippen molar-refractivity contribution in [1.82, 2.24) is 5.16 Å². The standard InChI is InChI=1S/C13H7ClFNO4S/c14-10-8(19-5-9(17)18)2-1-6-11(16-20-12(6)10)13-7(15)3-4-21-13/h1-4H,5H2,(H,17,18). The summed E-state index contributed by atoms with van der Waals surface area (Å²) < 4.78 is 23.8. The predicted molar refractivity (Wildman–Crippen MR) is 75.4 cm³/mol. The molecule has 0 saturated carbocycles. The predicted octanol–water partition coefficient (Wildman–Crippen LogP) is 3.81. The molecule has 0 fully saturated rings. The van der Waals surface area contributed by atoms with E-state index in [1.54, 1.807) is 11.4 Å². The lowest BCUT2D eigenvalue weighted by atomic mass is 10.2. The van der Waals surface area contributed by atoms with Crippen LogP contribution in [0.3, 0.4) is 0 Å². The van der Waals surface area contributed by atoms with Crippen LogP contribution in [-0.4, -0.2) is 22.8 Å². The van der Waals surface area contributed by atoms with Crippen LogP contribution in [0.5, 0.6) is 5.75 Å². The van der Waals surface area contributed by atoms with E-state index >= 15 is 0 Å². The number of carboxylic acid groups (broad SMARTS) is 1. The van der Waals surface area contributed by atoms with E-state index in [1.165, 1.54) is 23.5 Å². The van der Waals surface area contributed by atoms with Crippen LogP contribution in [-0.2, 0) is 4.79 Å². The first-order valence-corrected chi connectivity index (χ1v) is 6.99. The molecular formula is C13H7ClFNO4S.